The van der Waals surface area contributed by atoms with Crippen molar-refractivity contribution in [2.45, 2.75) is 39.2 Å². The number of benzene rings is 2. The molecule has 9 heteroatoms. The summed E-state index contributed by atoms with van der Waals surface area (Å²) in [6.45, 7) is 2.71. The second-order valence-electron chi connectivity index (χ2n) is 8.10. The van der Waals surface area contributed by atoms with Gasteiger partial charge in [0.05, 0.1) is 23.5 Å². The van der Waals surface area contributed by atoms with Gasteiger partial charge in [-0.25, -0.2) is 4.68 Å². The third-order valence-electron chi connectivity index (χ3n) is 5.71. The highest BCUT2D eigenvalue weighted by Gasteiger charge is 2.24. The second kappa shape index (κ2) is 10.3. The number of ketones is 1. The molecule has 4 rings (SSSR count). The fourth-order valence-corrected chi connectivity index (χ4v) is 3.74. The first-order valence-electron chi connectivity index (χ1n) is 11.2. The van der Waals surface area contributed by atoms with Crippen LogP contribution in [0.3, 0.4) is 0 Å². The lowest BCUT2D eigenvalue weighted by molar-refractivity contribution is -0.142. The van der Waals surface area contributed by atoms with E-state index in [4.69, 9.17) is 9.15 Å². The fraction of sp³-hybridized carbons (Fsp3) is 0.320. The summed E-state index contributed by atoms with van der Waals surface area (Å²) >= 11 is 0. The Morgan fingerprint density at radius 2 is 2.00 bits per heavy atom. The second-order valence-corrected chi connectivity index (χ2v) is 8.10. The van der Waals surface area contributed by atoms with Crippen molar-refractivity contribution < 1.29 is 23.8 Å². The molecule has 0 saturated carbocycles. The van der Waals surface area contributed by atoms with E-state index >= 15 is 0 Å². The summed E-state index contributed by atoms with van der Waals surface area (Å²) in [6.07, 6.45) is 3.14. The number of aryl methyl sites for hydroxylation is 1. The molecule has 2 aromatic heterocycles. The number of hydrogen-bond donors (Lipinski definition) is 1. The summed E-state index contributed by atoms with van der Waals surface area (Å²) in [6, 6.07) is 12.0. The molecule has 0 aliphatic rings. The first-order chi connectivity index (χ1) is 16.5. The van der Waals surface area contributed by atoms with Gasteiger partial charge in [-0.2, -0.15) is 0 Å². The topological polar surface area (TPSA) is 125 Å². The maximum atomic E-state index is 12.9. The molecule has 34 heavy (non-hydrogen) atoms. The number of carboxylic acids is 1. The average Bonchev–Trinajstić information content (AvgIpc) is 3.26. The number of carboxylic acid groups (broad SMARTS) is 1. The first-order valence-corrected chi connectivity index (χ1v) is 11.2. The third kappa shape index (κ3) is 4.98. The van der Waals surface area contributed by atoms with Crippen molar-refractivity contribution >= 4 is 33.6 Å². The minimum Gasteiger partial charge on any atom is -0.493 e. The van der Waals surface area contributed by atoms with Crippen LogP contribution in [0.25, 0.3) is 21.9 Å². The molecule has 176 valence electrons. The molecule has 9 nitrogen and oxygen atoms in total. The van der Waals surface area contributed by atoms with Crippen LogP contribution in [0, 0.1) is 5.92 Å². The number of carbonyl (C=O) groups is 2. The van der Waals surface area contributed by atoms with Crippen molar-refractivity contribution in [3.63, 3.8) is 0 Å². The summed E-state index contributed by atoms with van der Waals surface area (Å²) in [5.74, 6) is -1.80. The van der Waals surface area contributed by atoms with E-state index < -0.39 is 11.9 Å². The van der Waals surface area contributed by atoms with Crippen LogP contribution < -0.4 is 10.3 Å². The predicted octanol–water partition coefficient (Wildman–Crippen LogP) is 4.08. The largest absolute Gasteiger partial charge is 0.493 e. The Bertz CT molecular complexity index is 1390. The smallest absolute Gasteiger partial charge is 0.307 e. The van der Waals surface area contributed by atoms with E-state index in [1.54, 1.807) is 42.5 Å². The lowest BCUT2D eigenvalue weighted by Crippen LogP contribution is -2.27. The lowest BCUT2D eigenvalue weighted by Gasteiger charge is -2.12. The van der Waals surface area contributed by atoms with Gasteiger partial charge in [0.1, 0.15) is 23.1 Å². The molecule has 0 radical (unpaired) electrons. The van der Waals surface area contributed by atoms with Gasteiger partial charge in [0, 0.05) is 24.4 Å². The Kier molecular flexibility index (Phi) is 7.01. The number of aliphatic carboxylic acids is 1. The van der Waals surface area contributed by atoms with E-state index in [1.165, 1.54) is 6.26 Å². The molecule has 0 fully saturated rings. The first kappa shape index (κ1) is 23.2. The van der Waals surface area contributed by atoms with Crippen LogP contribution in [-0.2, 0) is 11.3 Å². The summed E-state index contributed by atoms with van der Waals surface area (Å²) in [4.78, 5) is 37.4. The average molecular weight is 463 g/mol. The highest BCUT2D eigenvalue weighted by atomic mass is 16.5. The van der Waals surface area contributed by atoms with Gasteiger partial charge in [-0.15, -0.1) is 5.10 Å². The van der Waals surface area contributed by atoms with Crippen LogP contribution in [-0.4, -0.2) is 38.5 Å². The minimum absolute atomic E-state index is 0.0332. The quantitative estimate of drug-likeness (QED) is 0.261. The summed E-state index contributed by atoms with van der Waals surface area (Å²) in [5.41, 5.74) is 0.949. The fourth-order valence-electron chi connectivity index (χ4n) is 3.74. The molecular formula is C25H25N3O6. The molecule has 2 heterocycles. The van der Waals surface area contributed by atoms with Crippen molar-refractivity contribution in [3.8, 4) is 5.75 Å². The summed E-state index contributed by atoms with van der Waals surface area (Å²) in [5, 5.41) is 18.6. The molecule has 0 spiro atoms. The molecule has 0 saturated heterocycles. The maximum absolute atomic E-state index is 12.9. The van der Waals surface area contributed by atoms with E-state index in [9.17, 15) is 19.5 Å². The van der Waals surface area contributed by atoms with Crippen LogP contribution >= 0.6 is 0 Å². The normalized spacial score (nSPS) is 12.1. The highest BCUT2D eigenvalue weighted by molar-refractivity contribution is 6.08. The Hall–Kier alpha value is -4.01. The number of fused-ring (bicyclic) bond motifs is 2. The minimum atomic E-state index is -1.12. The maximum Gasteiger partial charge on any atom is 0.307 e. The predicted molar refractivity (Wildman–Crippen MR) is 125 cm³/mol. The van der Waals surface area contributed by atoms with E-state index in [0.717, 1.165) is 17.5 Å². The van der Waals surface area contributed by atoms with E-state index in [-0.39, 0.29) is 30.7 Å². The van der Waals surface area contributed by atoms with Gasteiger partial charge in [0.2, 0.25) is 0 Å². The Balaban J connectivity index is 1.46. The zero-order valence-corrected chi connectivity index (χ0v) is 18.8. The van der Waals surface area contributed by atoms with Crippen molar-refractivity contribution in [2.24, 2.45) is 5.92 Å². The highest BCUT2D eigenvalue weighted by Crippen LogP contribution is 2.28. The summed E-state index contributed by atoms with van der Waals surface area (Å²) < 4.78 is 12.3. The molecule has 0 aliphatic heterocycles. The SMILES string of the molecule is CCCCOc1ccc2c(C(=O)CC(CCn3nnc4ccccc4c3=O)C(=O)O)coc2c1. The number of rotatable bonds is 11. The molecule has 1 atom stereocenters. The summed E-state index contributed by atoms with van der Waals surface area (Å²) in [7, 11) is 0. The molecule has 4 aromatic rings. The van der Waals surface area contributed by atoms with Crippen molar-refractivity contribution in [2.75, 3.05) is 6.61 Å². The van der Waals surface area contributed by atoms with Crippen LogP contribution in [0.15, 0.2) is 57.9 Å². The number of hydrogen-bond acceptors (Lipinski definition) is 7. The van der Waals surface area contributed by atoms with Gasteiger partial charge in [-0.05, 0) is 37.1 Å². The number of ether oxygens (including phenoxy) is 1. The molecule has 2 aromatic carbocycles. The van der Waals surface area contributed by atoms with E-state index in [0.29, 0.717) is 39.8 Å². The molecule has 0 amide bonds. The monoisotopic (exact) mass is 463 g/mol. The number of furan rings is 1. The van der Waals surface area contributed by atoms with Crippen molar-refractivity contribution in [3.05, 3.63) is 64.6 Å². The Morgan fingerprint density at radius 1 is 1.18 bits per heavy atom. The molecule has 1 N–H and O–H groups in total. The number of Topliss-reactive ketones (excluding diaryl/α,β-unsaturated/α-hetero) is 1. The standard InChI is InChI=1S/C25H25N3O6/c1-2-3-12-33-17-8-9-18-20(15-34-23(18)14-17)22(29)13-16(25(31)32)10-11-28-24(30)19-6-4-5-7-21(19)26-27-28/h4-9,14-16H,2-3,10-13H2,1H3,(H,31,32). The van der Waals surface area contributed by atoms with Gasteiger partial charge in [0.15, 0.2) is 5.78 Å². The molecule has 0 bridgehead atoms. The van der Waals surface area contributed by atoms with Crippen molar-refractivity contribution in [1.82, 2.24) is 15.0 Å². The Labute approximate surface area is 194 Å². The number of unbranched alkanes of at least 4 members (excludes halogenated alkanes) is 1. The zero-order valence-electron chi connectivity index (χ0n) is 18.8. The van der Waals surface area contributed by atoms with Gasteiger partial charge in [-0.3, -0.25) is 14.4 Å². The number of aromatic nitrogens is 3. The van der Waals surface area contributed by atoms with E-state index in [1.807, 2.05) is 0 Å². The molecular weight excluding hydrogens is 438 g/mol. The Morgan fingerprint density at radius 3 is 2.79 bits per heavy atom. The van der Waals surface area contributed by atoms with Crippen LogP contribution in [0.4, 0.5) is 0 Å². The van der Waals surface area contributed by atoms with Crippen molar-refractivity contribution in [1.29, 1.82) is 0 Å². The number of nitrogens with zero attached hydrogens (tertiary/aromatic N) is 3. The van der Waals surface area contributed by atoms with Crippen LogP contribution in [0.5, 0.6) is 5.75 Å². The third-order valence-corrected chi connectivity index (χ3v) is 5.71. The van der Waals surface area contributed by atoms with Gasteiger partial charge >= 0.3 is 5.97 Å². The van der Waals surface area contributed by atoms with Gasteiger partial charge in [0.25, 0.3) is 5.56 Å². The van der Waals surface area contributed by atoms with Crippen LogP contribution in [0.1, 0.15) is 43.0 Å². The molecule has 0 aliphatic carbocycles. The lowest BCUT2D eigenvalue weighted by atomic mass is 9.95. The van der Waals surface area contributed by atoms with Gasteiger partial charge < -0.3 is 14.3 Å². The molecule has 1 unspecified atom stereocenters. The van der Waals surface area contributed by atoms with E-state index in [2.05, 4.69) is 17.2 Å². The zero-order chi connectivity index (χ0) is 24.1. The van der Waals surface area contributed by atoms with Crippen LogP contribution in [0.2, 0.25) is 0 Å². The van der Waals surface area contributed by atoms with Gasteiger partial charge in [-0.1, -0.05) is 30.7 Å². The number of carbonyl (C=O) groups excluding carboxylic acids is 1.